The number of thiophene rings is 1. The van der Waals surface area contributed by atoms with E-state index >= 15 is 0 Å². The van der Waals surface area contributed by atoms with Gasteiger partial charge in [0, 0.05) is 17.5 Å². The zero-order valence-corrected chi connectivity index (χ0v) is 10.5. The quantitative estimate of drug-likeness (QED) is 0.842. The monoisotopic (exact) mass is 246 g/mol. The fourth-order valence-corrected chi connectivity index (χ4v) is 2.32. The molecule has 2 heterocycles. The van der Waals surface area contributed by atoms with Crippen LogP contribution < -0.4 is 0 Å². The highest BCUT2D eigenvalue weighted by molar-refractivity contribution is 7.12. The maximum atomic E-state index is 8.64. The summed E-state index contributed by atoms with van der Waals surface area (Å²) in [6, 6.07) is 6.08. The van der Waals surface area contributed by atoms with Gasteiger partial charge in [-0.05, 0) is 25.1 Å². The van der Waals surface area contributed by atoms with Gasteiger partial charge < -0.3 is 5.11 Å². The van der Waals surface area contributed by atoms with Crippen molar-refractivity contribution in [3.05, 3.63) is 39.8 Å². The minimum Gasteiger partial charge on any atom is -0.395 e. The van der Waals surface area contributed by atoms with Gasteiger partial charge in [0.1, 0.15) is 0 Å². The average molecular weight is 246 g/mol. The van der Waals surface area contributed by atoms with Crippen LogP contribution in [-0.4, -0.2) is 21.5 Å². The van der Waals surface area contributed by atoms with Gasteiger partial charge in [0.2, 0.25) is 0 Å². The van der Waals surface area contributed by atoms with Crippen LogP contribution in [0, 0.1) is 18.8 Å². The Morgan fingerprint density at radius 1 is 1.41 bits per heavy atom. The molecule has 0 bridgehead atoms. The van der Waals surface area contributed by atoms with E-state index in [1.165, 1.54) is 4.88 Å². The van der Waals surface area contributed by atoms with Crippen LogP contribution in [0.4, 0.5) is 0 Å². The average Bonchev–Trinajstić information content (AvgIpc) is 2.90. The molecule has 0 radical (unpaired) electrons. The molecule has 0 saturated carbocycles. The molecule has 0 aliphatic heterocycles. The summed E-state index contributed by atoms with van der Waals surface area (Å²) in [6.45, 7) is 2.90. The van der Waals surface area contributed by atoms with E-state index in [1.54, 1.807) is 11.3 Å². The minimum atomic E-state index is 0.123. The highest BCUT2D eigenvalue weighted by Crippen LogP contribution is 2.16. The normalized spacial score (nSPS) is 10.0. The van der Waals surface area contributed by atoms with Crippen molar-refractivity contribution in [2.75, 3.05) is 6.61 Å². The smallest absolute Gasteiger partial charge is 0.0772 e. The number of aromatic nitrogens is 2. The van der Waals surface area contributed by atoms with Crippen molar-refractivity contribution in [1.29, 1.82) is 0 Å². The van der Waals surface area contributed by atoms with E-state index in [2.05, 4.69) is 23.0 Å². The minimum absolute atomic E-state index is 0.123. The van der Waals surface area contributed by atoms with Crippen molar-refractivity contribution in [2.24, 2.45) is 0 Å². The molecule has 0 saturated heterocycles. The summed E-state index contributed by atoms with van der Waals surface area (Å²) in [4.78, 5) is 2.28. The van der Waals surface area contributed by atoms with Gasteiger partial charge in [0.15, 0.2) is 0 Å². The fraction of sp³-hybridized carbons (Fsp3) is 0.308. The summed E-state index contributed by atoms with van der Waals surface area (Å²) in [5, 5.41) is 13.0. The number of rotatable bonds is 3. The topological polar surface area (TPSA) is 38.0 Å². The summed E-state index contributed by atoms with van der Waals surface area (Å²) in [5.74, 6) is 5.96. The Bertz CT molecular complexity index is 545. The van der Waals surface area contributed by atoms with Crippen molar-refractivity contribution < 1.29 is 5.11 Å². The molecule has 2 aromatic rings. The fourth-order valence-electron chi connectivity index (χ4n) is 1.45. The number of aliphatic hydroxyl groups is 1. The molecule has 4 heteroatoms. The first-order chi connectivity index (χ1) is 8.28. The van der Waals surface area contributed by atoms with E-state index in [0.29, 0.717) is 6.42 Å². The lowest BCUT2D eigenvalue weighted by Crippen LogP contribution is -1.98. The molecule has 0 spiro atoms. The number of aryl methyl sites for hydroxylation is 1. The van der Waals surface area contributed by atoms with Gasteiger partial charge in [-0.1, -0.05) is 11.8 Å². The van der Waals surface area contributed by atoms with E-state index in [9.17, 15) is 0 Å². The molecule has 0 aliphatic rings. The second-order valence-electron chi connectivity index (χ2n) is 3.70. The highest BCUT2D eigenvalue weighted by atomic mass is 32.1. The van der Waals surface area contributed by atoms with Gasteiger partial charge in [0.05, 0.1) is 23.7 Å². The largest absolute Gasteiger partial charge is 0.395 e. The number of aliphatic hydroxyl groups excluding tert-OH is 1. The number of hydrogen-bond donors (Lipinski definition) is 1. The molecular weight excluding hydrogens is 232 g/mol. The number of hydrogen-bond acceptors (Lipinski definition) is 3. The van der Waals surface area contributed by atoms with E-state index in [1.807, 2.05) is 29.9 Å². The first kappa shape index (κ1) is 11.9. The predicted octanol–water partition coefficient (Wildman–Crippen LogP) is 2.04. The SMILES string of the molecule is Cc1ccn(Cc2ccc(C#CCCO)s2)n1. The lowest BCUT2D eigenvalue weighted by atomic mass is 10.4. The van der Waals surface area contributed by atoms with Crippen molar-refractivity contribution in [2.45, 2.75) is 19.9 Å². The van der Waals surface area contributed by atoms with Gasteiger partial charge >= 0.3 is 0 Å². The van der Waals surface area contributed by atoms with Crippen LogP contribution in [-0.2, 0) is 6.54 Å². The molecule has 0 aliphatic carbocycles. The highest BCUT2D eigenvalue weighted by Gasteiger charge is 2.00. The van der Waals surface area contributed by atoms with Crippen LogP contribution in [0.5, 0.6) is 0 Å². The zero-order valence-electron chi connectivity index (χ0n) is 9.68. The molecule has 0 fully saturated rings. The maximum absolute atomic E-state index is 8.64. The Morgan fingerprint density at radius 3 is 3.00 bits per heavy atom. The van der Waals surface area contributed by atoms with Crippen LogP contribution in [0.3, 0.4) is 0 Å². The first-order valence-corrected chi connectivity index (χ1v) is 6.28. The molecule has 1 N–H and O–H groups in total. The van der Waals surface area contributed by atoms with Crippen LogP contribution in [0.25, 0.3) is 0 Å². The van der Waals surface area contributed by atoms with Crippen LogP contribution in [0.15, 0.2) is 24.4 Å². The Labute approximate surface area is 105 Å². The first-order valence-electron chi connectivity index (χ1n) is 5.46. The van der Waals surface area contributed by atoms with Crippen LogP contribution in [0.2, 0.25) is 0 Å². The molecule has 0 aromatic carbocycles. The zero-order chi connectivity index (χ0) is 12.1. The molecule has 3 nitrogen and oxygen atoms in total. The molecule has 0 amide bonds. The summed E-state index contributed by atoms with van der Waals surface area (Å²) < 4.78 is 1.92. The van der Waals surface area contributed by atoms with Gasteiger partial charge in [-0.3, -0.25) is 4.68 Å². The molecule has 0 atom stereocenters. The Kier molecular flexibility index (Phi) is 3.97. The van der Waals surface area contributed by atoms with Crippen molar-refractivity contribution in [1.82, 2.24) is 9.78 Å². The second-order valence-corrected chi connectivity index (χ2v) is 4.86. The molecular formula is C13H14N2OS. The van der Waals surface area contributed by atoms with E-state index < -0.39 is 0 Å². The Morgan fingerprint density at radius 2 is 2.29 bits per heavy atom. The predicted molar refractivity (Wildman–Crippen MR) is 69.0 cm³/mol. The third kappa shape index (κ3) is 3.45. The van der Waals surface area contributed by atoms with Crippen LogP contribution in [0.1, 0.15) is 21.9 Å². The second kappa shape index (κ2) is 5.67. The summed E-state index contributed by atoms with van der Waals surface area (Å²) in [7, 11) is 0. The van der Waals surface area contributed by atoms with Gasteiger partial charge in [-0.2, -0.15) is 5.10 Å². The van der Waals surface area contributed by atoms with E-state index in [4.69, 9.17) is 5.11 Å². The lowest BCUT2D eigenvalue weighted by molar-refractivity contribution is 0.305. The molecule has 2 aromatic heterocycles. The van der Waals surface area contributed by atoms with Crippen molar-refractivity contribution in [3.8, 4) is 11.8 Å². The maximum Gasteiger partial charge on any atom is 0.0772 e. The third-order valence-corrected chi connectivity index (χ3v) is 3.19. The van der Waals surface area contributed by atoms with Crippen LogP contribution >= 0.6 is 11.3 Å². The molecule has 88 valence electrons. The standard InChI is InChI=1S/C13H14N2OS/c1-11-7-8-15(14-11)10-13-6-5-12(17-13)4-2-3-9-16/h5-8,16H,3,9-10H2,1H3. The summed E-state index contributed by atoms with van der Waals surface area (Å²) >= 11 is 1.67. The van der Waals surface area contributed by atoms with Crippen molar-refractivity contribution >= 4 is 11.3 Å². The Balaban J connectivity index is 2.02. The molecule has 0 unspecified atom stereocenters. The Hall–Kier alpha value is -1.57. The third-order valence-electron chi connectivity index (χ3n) is 2.20. The molecule has 2 rings (SSSR count). The van der Waals surface area contributed by atoms with Gasteiger partial charge in [-0.15, -0.1) is 11.3 Å². The van der Waals surface area contributed by atoms with E-state index in [0.717, 1.165) is 17.1 Å². The van der Waals surface area contributed by atoms with Gasteiger partial charge in [0.25, 0.3) is 0 Å². The lowest BCUT2D eigenvalue weighted by Gasteiger charge is -1.96. The van der Waals surface area contributed by atoms with Crippen molar-refractivity contribution in [3.63, 3.8) is 0 Å². The molecule has 17 heavy (non-hydrogen) atoms. The summed E-state index contributed by atoms with van der Waals surface area (Å²) in [6.07, 6.45) is 2.51. The van der Waals surface area contributed by atoms with Gasteiger partial charge in [-0.25, -0.2) is 0 Å². The summed E-state index contributed by atoms with van der Waals surface area (Å²) in [5.41, 5.74) is 1.03. The van der Waals surface area contributed by atoms with E-state index in [-0.39, 0.29) is 6.61 Å². The number of nitrogens with zero attached hydrogens (tertiary/aromatic N) is 2.